The molecule has 0 saturated carbocycles. The van der Waals surface area contributed by atoms with Gasteiger partial charge in [-0.1, -0.05) is 19.9 Å². The van der Waals surface area contributed by atoms with Crippen LogP contribution in [0.2, 0.25) is 0 Å². The van der Waals surface area contributed by atoms with Crippen LogP contribution in [-0.4, -0.2) is 134 Å². The van der Waals surface area contributed by atoms with Crippen LogP contribution in [0.4, 0.5) is 5.82 Å². The van der Waals surface area contributed by atoms with E-state index in [1.165, 1.54) is 32.6 Å². The molecule has 214 valence electrons. The van der Waals surface area contributed by atoms with Gasteiger partial charge in [-0.3, -0.25) is 4.90 Å². The molecule has 1 saturated heterocycles. The molecule has 0 bridgehead atoms. The molecule has 6 N–H and O–H groups in total. The highest BCUT2D eigenvalue weighted by atomic mass is 16.5. The molecule has 0 radical (unpaired) electrons. The second kappa shape index (κ2) is 20.8. The van der Waals surface area contributed by atoms with Crippen LogP contribution in [0.1, 0.15) is 20.3 Å². The van der Waals surface area contributed by atoms with Gasteiger partial charge in [0.25, 0.3) is 0 Å². The Kier molecular flexibility index (Phi) is 19.7. The van der Waals surface area contributed by atoms with E-state index in [9.17, 15) is 0 Å². The SMILES string of the molecule is CCN(CC)CCCN1CCN(c2ccccn2)CC1.O=C(O)C(=O)O.O=C(O)C(=O)O.O=C(O)C(=O)O. The standard InChI is InChI=1S/C16H28N4.3C2H2O4/c1-3-18(4-2)10-7-11-19-12-14-20(15-13-19)16-8-5-6-9-17-16;3*3-1(4)2(5)6/h5-6,8-9H,3-4,7,10-15H2,1-2H3;3*(H,3,4)(H,5,6). The number of carboxylic acids is 6. The number of aromatic nitrogens is 1. The first-order valence-electron chi connectivity index (χ1n) is 11.3. The number of hydrogen-bond donors (Lipinski definition) is 6. The smallest absolute Gasteiger partial charge is 0.414 e. The van der Waals surface area contributed by atoms with Crippen molar-refractivity contribution >= 4 is 41.6 Å². The summed E-state index contributed by atoms with van der Waals surface area (Å²) in [5, 5.41) is 44.3. The van der Waals surface area contributed by atoms with Crippen LogP contribution in [0.15, 0.2) is 24.4 Å². The van der Waals surface area contributed by atoms with E-state index in [0.29, 0.717) is 0 Å². The highest BCUT2D eigenvalue weighted by Crippen LogP contribution is 2.12. The van der Waals surface area contributed by atoms with Crippen LogP contribution in [0, 0.1) is 0 Å². The molecule has 0 amide bonds. The summed E-state index contributed by atoms with van der Waals surface area (Å²) in [6.45, 7) is 13.8. The Morgan fingerprint density at radius 1 is 0.737 bits per heavy atom. The number of anilines is 1. The summed E-state index contributed by atoms with van der Waals surface area (Å²) in [4.78, 5) is 66.5. The van der Waals surface area contributed by atoms with Crippen molar-refractivity contribution in [3.8, 4) is 0 Å². The highest BCUT2D eigenvalue weighted by Gasteiger charge is 2.17. The minimum Gasteiger partial charge on any atom is -0.473 e. The van der Waals surface area contributed by atoms with E-state index in [1.807, 2.05) is 12.3 Å². The van der Waals surface area contributed by atoms with Crippen molar-refractivity contribution in [1.82, 2.24) is 14.8 Å². The van der Waals surface area contributed by atoms with Gasteiger partial charge in [-0.25, -0.2) is 33.8 Å². The van der Waals surface area contributed by atoms with Crippen LogP contribution in [-0.2, 0) is 28.8 Å². The Balaban J connectivity index is 0. The summed E-state index contributed by atoms with van der Waals surface area (Å²) in [7, 11) is 0. The Morgan fingerprint density at radius 2 is 1.16 bits per heavy atom. The highest BCUT2D eigenvalue weighted by molar-refractivity contribution is 6.28. The van der Waals surface area contributed by atoms with Gasteiger partial charge in [0.1, 0.15) is 5.82 Å². The summed E-state index contributed by atoms with van der Waals surface area (Å²) in [6.07, 6.45) is 3.16. The summed E-state index contributed by atoms with van der Waals surface area (Å²) >= 11 is 0. The van der Waals surface area contributed by atoms with Gasteiger partial charge in [-0.05, 0) is 44.7 Å². The van der Waals surface area contributed by atoms with Crippen LogP contribution < -0.4 is 4.90 Å². The van der Waals surface area contributed by atoms with Gasteiger partial charge in [0.2, 0.25) is 0 Å². The van der Waals surface area contributed by atoms with E-state index < -0.39 is 35.8 Å². The van der Waals surface area contributed by atoms with Gasteiger partial charge < -0.3 is 40.4 Å². The molecule has 0 aliphatic carbocycles. The third-order valence-electron chi connectivity index (χ3n) is 4.74. The van der Waals surface area contributed by atoms with Crippen LogP contribution >= 0.6 is 0 Å². The predicted molar refractivity (Wildman–Crippen MR) is 131 cm³/mol. The maximum absolute atomic E-state index is 9.10. The molecule has 0 spiro atoms. The molecule has 2 rings (SSSR count). The monoisotopic (exact) mass is 546 g/mol. The lowest BCUT2D eigenvalue weighted by atomic mass is 10.2. The van der Waals surface area contributed by atoms with Crippen molar-refractivity contribution in [2.45, 2.75) is 20.3 Å². The van der Waals surface area contributed by atoms with Crippen LogP contribution in [0.25, 0.3) is 0 Å². The fourth-order valence-electron chi connectivity index (χ4n) is 2.80. The maximum Gasteiger partial charge on any atom is 0.414 e. The zero-order valence-corrected chi connectivity index (χ0v) is 21.1. The molecule has 1 aromatic heterocycles. The third kappa shape index (κ3) is 18.9. The Labute approximate surface area is 218 Å². The summed E-state index contributed by atoms with van der Waals surface area (Å²) in [5.41, 5.74) is 0. The van der Waals surface area contributed by atoms with Gasteiger partial charge in [0, 0.05) is 32.4 Å². The van der Waals surface area contributed by atoms with Gasteiger partial charge in [-0.2, -0.15) is 0 Å². The zero-order chi connectivity index (χ0) is 29.7. The predicted octanol–water partition coefficient (Wildman–Crippen LogP) is -0.598. The largest absolute Gasteiger partial charge is 0.473 e. The Morgan fingerprint density at radius 3 is 1.47 bits per heavy atom. The molecule has 1 aliphatic heterocycles. The Hall–Kier alpha value is -4.31. The van der Waals surface area contributed by atoms with Gasteiger partial charge in [0.15, 0.2) is 0 Å². The minimum absolute atomic E-state index is 1.10. The van der Waals surface area contributed by atoms with E-state index in [2.05, 4.69) is 45.7 Å². The summed E-state index contributed by atoms with van der Waals surface area (Å²) in [5.74, 6) is -9.82. The van der Waals surface area contributed by atoms with E-state index in [0.717, 1.165) is 32.0 Å². The van der Waals surface area contributed by atoms with E-state index in [4.69, 9.17) is 59.4 Å². The van der Waals surface area contributed by atoms with Crippen molar-refractivity contribution in [2.24, 2.45) is 0 Å². The first-order chi connectivity index (χ1) is 17.8. The molecule has 16 nitrogen and oxygen atoms in total. The number of rotatable bonds is 7. The number of hydrogen-bond acceptors (Lipinski definition) is 10. The van der Waals surface area contributed by atoms with E-state index in [-0.39, 0.29) is 0 Å². The van der Waals surface area contributed by atoms with Gasteiger partial charge >= 0.3 is 35.8 Å². The fraction of sp³-hybridized carbons (Fsp3) is 0.500. The average molecular weight is 547 g/mol. The molecule has 1 aromatic rings. The number of pyridine rings is 1. The quantitative estimate of drug-likeness (QED) is 0.234. The van der Waals surface area contributed by atoms with Crippen LogP contribution in [0.3, 0.4) is 0 Å². The minimum atomic E-state index is -1.82. The molecule has 1 aliphatic rings. The second-order valence-electron chi connectivity index (χ2n) is 7.23. The zero-order valence-electron chi connectivity index (χ0n) is 21.1. The number of carboxylic acid groups (broad SMARTS) is 6. The molecule has 1 fully saturated rings. The number of carbonyl (C=O) groups is 6. The molecule has 0 aromatic carbocycles. The molecule has 38 heavy (non-hydrogen) atoms. The molecular formula is C22H34N4O12. The lowest BCUT2D eigenvalue weighted by molar-refractivity contribution is -0.159. The second-order valence-corrected chi connectivity index (χ2v) is 7.23. The normalized spacial score (nSPS) is 12.3. The lowest BCUT2D eigenvalue weighted by Crippen LogP contribution is -2.47. The number of nitrogens with zero attached hydrogens (tertiary/aromatic N) is 4. The van der Waals surface area contributed by atoms with Crippen molar-refractivity contribution in [2.75, 3.05) is 57.3 Å². The molecule has 16 heteroatoms. The van der Waals surface area contributed by atoms with Crippen molar-refractivity contribution in [3.63, 3.8) is 0 Å². The Bertz CT molecular complexity index is 793. The molecule has 0 unspecified atom stereocenters. The summed E-state index contributed by atoms with van der Waals surface area (Å²) in [6, 6.07) is 6.15. The van der Waals surface area contributed by atoms with E-state index in [1.54, 1.807) is 0 Å². The number of piperazine rings is 1. The topological polar surface area (TPSA) is 246 Å². The van der Waals surface area contributed by atoms with Gasteiger partial charge in [0.05, 0.1) is 0 Å². The molecule has 0 atom stereocenters. The van der Waals surface area contributed by atoms with E-state index >= 15 is 0 Å². The first kappa shape index (κ1) is 35.8. The number of aliphatic carboxylic acids is 6. The maximum atomic E-state index is 9.10. The first-order valence-corrected chi connectivity index (χ1v) is 11.3. The van der Waals surface area contributed by atoms with Crippen molar-refractivity contribution in [1.29, 1.82) is 0 Å². The molecular weight excluding hydrogens is 512 g/mol. The van der Waals surface area contributed by atoms with Crippen molar-refractivity contribution < 1.29 is 59.4 Å². The van der Waals surface area contributed by atoms with Crippen LogP contribution in [0.5, 0.6) is 0 Å². The lowest BCUT2D eigenvalue weighted by Gasteiger charge is -2.35. The average Bonchev–Trinajstić information content (AvgIpc) is 2.88. The fourth-order valence-corrected chi connectivity index (χ4v) is 2.80. The molecule has 2 heterocycles. The third-order valence-corrected chi connectivity index (χ3v) is 4.74. The van der Waals surface area contributed by atoms with Gasteiger partial charge in [-0.15, -0.1) is 0 Å². The van der Waals surface area contributed by atoms with Crippen molar-refractivity contribution in [3.05, 3.63) is 24.4 Å². The summed E-state index contributed by atoms with van der Waals surface area (Å²) < 4.78 is 0.